The van der Waals surface area contributed by atoms with E-state index in [2.05, 4.69) is 10.7 Å². The van der Waals surface area contributed by atoms with Gasteiger partial charge in [0.15, 0.2) is 0 Å². The summed E-state index contributed by atoms with van der Waals surface area (Å²) in [5.41, 5.74) is 0.997. The highest BCUT2D eigenvalue weighted by Crippen LogP contribution is 2.06. The lowest BCUT2D eigenvalue weighted by Gasteiger charge is -2.00. The highest BCUT2D eigenvalue weighted by atomic mass is 35.5. The van der Waals surface area contributed by atoms with E-state index >= 15 is 0 Å². The van der Waals surface area contributed by atoms with E-state index in [1.165, 1.54) is 12.1 Å². The minimum atomic E-state index is -0.424. The van der Waals surface area contributed by atoms with Gasteiger partial charge in [0, 0.05) is 6.42 Å². The minimum Gasteiger partial charge on any atom is -0.373 e. The van der Waals surface area contributed by atoms with Gasteiger partial charge in [0.2, 0.25) is 0 Å². The highest BCUT2D eigenvalue weighted by molar-refractivity contribution is 5.85. The van der Waals surface area contributed by atoms with Gasteiger partial charge in [-0.25, -0.2) is 4.39 Å². The summed E-state index contributed by atoms with van der Waals surface area (Å²) < 4.78 is 12.5. The summed E-state index contributed by atoms with van der Waals surface area (Å²) in [5, 5.41) is 0. The predicted octanol–water partition coefficient (Wildman–Crippen LogP) is 1.99. The second kappa shape index (κ2) is 7.20. The number of aryl methyl sites for hydroxylation is 1. The van der Waals surface area contributed by atoms with Crippen molar-refractivity contribution in [2.45, 2.75) is 19.3 Å². The van der Waals surface area contributed by atoms with Crippen molar-refractivity contribution in [1.82, 2.24) is 0 Å². The monoisotopic (exact) mass is 233 g/mol. The first-order valence-electron chi connectivity index (χ1n) is 4.36. The van der Waals surface area contributed by atoms with Crippen LogP contribution < -0.4 is 5.90 Å². The van der Waals surface area contributed by atoms with Crippen LogP contribution in [0.2, 0.25) is 0 Å². The molecule has 15 heavy (non-hydrogen) atoms. The maximum Gasteiger partial charge on any atom is 0.324 e. The van der Waals surface area contributed by atoms with E-state index in [-0.39, 0.29) is 24.6 Å². The van der Waals surface area contributed by atoms with Gasteiger partial charge in [-0.15, -0.1) is 12.4 Å². The highest BCUT2D eigenvalue weighted by Gasteiger charge is 2.00. The van der Waals surface area contributed by atoms with Crippen LogP contribution in [-0.4, -0.2) is 5.97 Å². The Hall–Kier alpha value is -1.13. The molecule has 0 atom stereocenters. The molecule has 0 aliphatic heterocycles. The van der Waals surface area contributed by atoms with E-state index in [4.69, 9.17) is 0 Å². The van der Waals surface area contributed by atoms with E-state index in [1.54, 1.807) is 12.1 Å². The van der Waals surface area contributed by atoms with Gasteiger partial charge in [-0.2, -0.15) is 5.90 Å². The Labute approximate surface area is 93.8 Å². The Balaban J connectivity index is 0.00000196. The van der Waals surface area contributed by atoms with Crippen molar-refractivity contribution in [1.29, 1.82) is 0 Å². The molecule has 0 radical (unpaired) electrons. The number of rotatable bonds is 4. The third-order valence-electron chi connectivity index (χ3n) is 1.89. The van der Waals surface area contributed by atoms with Crippen LogP contribution in [0, 0.1) is 5.82 Å². The Bertz CT molecular complexity index is 303. The molecule has 0 heterocycles. The Morgan fingerprint density at radius 2 is 1.93 bits per heavy atom. The first kappa shape index (κ1) is 13.9. The van der Waals surface area contributed by atoms with E-state index in [1.807, 2.05) is 0 Å². The first-order chi connectivity index (χ1) is 6.72. The summed E-state index contributed by atoms with van der Waals surface area (Å²) in [6, 6.07) is 6.19. The quantitative estimate of drug-likeness (QED) is 0.810. The molecule has 2 N–H and O–H groups in total. The number of nitrogens with two attached hydrogens (primary N) is 1. The normalized spacial score (nSPS) is 9.20. The van der Waals surface area contributed by atoms with Gasteiger partial charge in [-0.1, -0.05) is 12.1 Å². The average Bonchev–Trinajstić information content (AvgIpc) is 2.21. The molecule has 0 fully saturated rings. The maximum atomic E-state index is 12.5. The molecular formula is C10H13ClFNO2. The molecule has 1 aromatic rings. The summed E-state index contributed by atoms with van der Waals surface area (Å²) in [5.74, 6) is 3.99. The molecule has 0 spiro atoms. The van der Waals surface area contributed by atoms with Crippen LogP contribution in [-0.2, 0) is 16.1 Å². The third-order valence-corrected chi connectivity index (χ3v) is 1.89. The third kappa shape index (κ3) is 5.34. The Morgan fingerprint density at radius 1 is 1.33 bits per heavy atom. The van der Waals surface area contributed by atoms with Crippen LogP contribution in [0.4, 0.5) is 4.39 Å². The van der Waals surface area contributed by atoms with Crippen molar-refractivity contribution in [3.05, 3.63) is 35.6 Å². The lowest BCUT2D eigenvalue weighted by molar-refractivity contribution is -0.144. The molecule has 0 aromatic heterocycles. The smallest absolute Gasteiger partial charge is 0.324 e. The number of hydrogen-bond donors (Lipinski definition) is 1. The topological polar surface area (TPSA) is 52.3 Å². The van der Waals surface area contributed by atoms with Crippen LogP contribution in [0.25, 0.3) is 0 Å². The molecule has 0 aliphatic rings. The van der Waals surface area contributed by atoms with E-state index in [0.29, 0.717) is 6.42 Å². The number of hydrogen-bond acceptors (Lipinski definition) is 3. The molecule has 0 unspecified atom stereocenters. The lowest BCUT2D eigenvalue weighted by Crippen LogP contribution is -2.09. The Morgan fingerprint density at radius 3 is 2.47 bits per heavy atom. The molecule has 84 valence electrons. The van der Waals surface area contributed by atoms with Crippen molar-refractivity contribution >= 4 is 18.4 Å². The molecule has 1 aromatic carbocycles. The van der Waals surface area contributed by atoms with Gasteiger partial charge >= 0.3 is 5.97 Å². The fourth-order valence-electron chi connectivity index (χ4n) is 1.15. The summed E-state index contributed by atoms with van der Waals surface area (Å²) in [4.78, 5) is 14.7. The molecule has 0 aliphatic carbocycles. The molecule has 5 heteroatoms. The number of benzene rings is 1. The van der Waals surface area contributed by atoms with Gasteiger partial charge in [-0.3, -0.25) is 4.79 Å². The zero-order valence-electron chi connectivity index (χ0n) is 8.11. The minimum absolute atomic E-state index is 0. The maximum absolute atomic E-state index is 12.5. The molecule has 3 nitrogen and oxygen atoms in total. The largest absolute Gasteiger partial charge is 0.373 e. The van der Waals surface area contributed by atoms with Crippen molar-refractivity contribution in [3.63, 3.8) is 0 Å². The molecule has 0 bridgehead atoms. The van der Waals surface area contributed by atoms with Crippen LogP contribution in [0.3, 0.4) is 0 Å². The molecular weight excluding hydrogens is 221 g/mol. The summed E-state index contributed by atoms with van der Waals surface area (Å²) in [7, 11) is 0. The van der Waals surface area contributed by atoms with Gasteiger partial charge < -0.3 is 4.84 Å². The zero-order valence-corrected chi connectivity index (χ0v) is 8.93. The Kier molecular flexibility index (Phi) is 6.66. The van der Waals surface area contributed by atoms with Crippen LogP contribution in [0.1, 0.15) is 18.4 Å². The molecule has 1 rings (SSSR count). The summed E-state index contributed by atoms with van der Waals surface area (Å²) in [6.07, 6.45) is 1.66. The molecule has 0 saturated carbocycles. The van der Waals surface area contributed by atoms with Crippen molar-refractivity contribution in [2.24, 2.45) is 5.90 Å². The van der Waals surface area contributed by atoms with Gasteiger partial charge in [0.25, 0.3) is 0 Å². The second-order valence-corrected chi connectivity index (χ2v) is 2.97. The lowest BCUT2D eigenvalue weighted by atomic mass is 10.1. The van der Waals surface area contributed by atoms with Crippen molar-refractivity contribution in [3.8, 4) is 0 Å². The van der Waals surface area contributed by atoms with Gasteiger partial charge in [0.1, 0.15) is 5.82 Å². The average molecular weight is 234 g/mol. The second-order valence-electron chi connectivity index (χ2n) is 2.97. The first-order valence-corrected chi connectivity index (χ1v) is 4.36. The van der Waals surface area contributed by atoms with Crippen LogP contribution >= 0.6 is 12.4 Å². The van der Waals surface area contributed by atoms with Gasteiger partial charge in [-0.05, 0) is 30.5 Å². The van der Waals surface area contributed by atoms with Crippen molar-refractivity contribution < 1.29 is 14.0 Å². The van der Waals surface area contributed by atoms with E-state index in [9.17, 15) is 9.18 Å². The fourth-order valence-corrected chi connectivity index (χ4v) is 1.15. The molecule has 0 saturated heterocycles. The standard InChI is InChI=1S/C10H12FNO2.ClH/c11-9-6-4-8(5-7-9)2-1-3-10(13)14-12;/h4-7H,1-3,12H2;1H. The summed E-state index contributed by atoms with van der Waals surface area (Å²) in [6.45, 7) is 0. The van der Waals surface area contributed by atoms with E-state index < -0.39 is 5.97 Å². The van der Waals surface area contributed by atoms with Crippen LogP contribution in [0.15, 0.2) is 24.3 Å². The van der Waals surface area contributed by atoms with Crippen LogP contribution in [0.5, 0.6) is 0 Å². The number of carbonyl (C=O) groups is 1. The summed E-state index contributed by atoms with van der Waals surface area (Å²) >= 11 is 0. The van der Waals surface area contributed by atoms with Crippen molar-refractivity contribution in [2.75, 3.05) is 0 Å². The number of halogens is 2. The van der Waals surface area contributed by atoms with Gasteiger partial charge in [0.05, 0.1) is 0 Å². The zero-order chi connectivity index (χ0) is 10.4. The van der Waals surface area contributed by atoms with E-state index in [0.717, 1.165) is 12.0 Å². The fraction of sp³-hybridized carbons (Fsp3) is 0.300. The SMILES string of the molecule is Cl.NOC(=O)CCCc1ccc(F)cc1. The molecule has 0 amide bonds. The predicted molar refractivity (Wildman–Crippen MR) is 56.9 cm³/mol. The number of carbonyl (C=O) groups excluding carboxylic acids is 1.